The van der Waals surface area contributed by atoms with Gasteiger partial charge in [-0.05, 0) is 26.8 Å². The Morgan fingerprint density at radius 3 is 2.43 bits per heavy atom. The van der Waals surface area contributed by atoms with Crippen molar-refractivity contribution < 1.29 is 14.3 Å². The van der Waals surface area contributed by atoms with Crippen LogP contribution in [0.4, 0.5) is 16.3 Å². The fraction of sp³-hybridized carbons (Fsp3) is 0.400. The summed E-state index contributed by atoms with van der Waals surface area (Å²) in [6, 6.07) is 1.57. The summed E-state index contributed by atoms with van der Waals surface area (Å²) >= 11 is 0. The minimum atomic E-state index is -0.585. The topological polar surface area (TPSA) is 90.2 Å². The van der Waals surface area contributed by atoms with E-state index in [4.69, 9.17) is 4.74 Å². The van der Waals surface area contributed by atoms with E-state index in [1.165, 1.54) is 0 Å². The first-order chi connectivity index (χ1) is 10.6. The largest absolute Gasteiger partial charge is 0.444 e. The molecular weight excluding hydrogens is 298 g/mol. The fourth-order valence-electron chi connectivity index (χ4n) is 1.94. The highest BCUT2D eigenvalue weighted by Crippen LogP contribution is 2.16. The van der Waals surface area contributed by atoms with E-state index in [1.54, 1.807) is 61.7 Å². The van der Waals surface area contributed by atoms with Crippen molar-refractivity contribution in [2.24, 2.45) is 14.1 Å². The molecule has 124 valence electrons. The van der Waals surface area contributed by atoms with E-state index in [1.807, 2.05) is 7.05 Å². The quantitative estimate of drug-likeness (QED) is 0.908. The monoisotopic (exact) mass is 319 g/mol. The summed E-state index contributed by atoms with van der Waals surface area (Å²) < 4.78 is 8.53. The average Bonchev–Trinajstić information content (AvgIpc) is 2.93. The van der Waals surface area contributed by atoms with Gasteiger partial charge < -0.3 is 19.2 Å². The highest BCUT2D eigenvalue weighted by Gasteiger charge is 2.18. The number of aryl methyl sites for hydroxylation is 2. The molecule has 2 heterocycles. The van der Waals surface area contributed by atoms with Crippen molar-refractivity contribution >= 4 is 23.5 Å². The van der Waals surface area contributed by atoms with Gasteiger partial charge in [0.05, 0.1) is 12.0 Å². The second-order valence-electron chi connectivity index (χ2n) is 6.23. The maximum atomic E-state index is 12.2. The van der Waals surface area contributed by atoms with E-state index in [-0.39, 0.29) is 5.91 Å². The Morgan fingerprint density at radius 2 is 1.87 bits per heavy atom. The zero-order valence-electron chi connectivity index (χ0n) is 13.9. The Hall–Kier alpha value is -2.77. The molecule has 2 aromatic heterocycles. The summed E-state index contributed by atoms with van der Waals surface area (Å²) in [4.78, 5) is 28.0. The van der Waals surface area contributed by atoms with E-state index in [0.29, 0.717) is 17.2 Å². The van der Waals surface area contributed by atoms with Gasteiger partial charge in [-0.2, -0.15) is 0 Å². The molecule has 0 aliphatic carbocycles. The van der Waals surface area contributed by atoms with E-state index in [2.05, 4.69) is 15.6 Å². The molecule has 2 aromatic rings. The van der Waals surface area contributed by atoms with Crippen molar-refractivity contribution in [1.82, 2.24) is 14.1 Å². The van der Waals surface area contributed by atoms with Crippen LogP contribution >= 0.6 is 0 Å². The number of anilines is 2. The number of amides is 2. The lowest BCUT2D eigenvalue weighted by Crippen LogP contribution is -2.27. The third kappa shape index (κ3) is 4.60. The van der Waals surface area contributed by atoms with Gasteiger partial charge in [0, 0.05) is 26.5 Å². The summed E-state index contributed by atoms with van der Waals surface area (Å²) in [5, 5.41) is 5.29. The summed E-state index contributed by atoms with van der Waals surface area (Å²) in [5.74, 6) is 0.142. The molecule has 0 saturated carbocycles. The minimum Gasteiger partial charge on any atom is -0.444 e. The highest BCUT2D eigenvalue weighted by molar-refractivity contribution is 6.03. The number of aromatic nitrogens is 3. The van der Waals surface area contributed by atoms with Crippen molar-refractivity contribution in [3.63, 3.8) is 0 Å². The van der Waals surface area contributed by atoms with E-state index in [9.17, 15) is 9.59 Å². The molecule has 23 heavy (non-hydrogen) atoms. The summed E-state index contributed by atoms with van der Waals surface area (Å²) in [6.07, 6.45) is 4.36. The van der Waals surface area contributed by atoms with Gasteiger partial charge in [-0.25, -0.2) is 9.78 Å². The Kier molecular flexibility index (Phi) is 4.44. The van der Waals surface area contributed by atoms with Gasteiger partial charge in [0.1, 0.15) is 11.3 Å². The molecule has 0 bridgehead atoms. The molecule has 2 N–H and O–H groups in total. The molecule has 0 unspecified atom stereocenters. The number of carbonyl (C=O) groups excluding carboxylic acids is 2. The fourth-order valence-corrected chi connectivity index (χ4v) is 1.94. The van der Waals surface area contributed by atoms with Crippen LogP contribution in [-0.4, -0.2) is 31.7 Å². The summed E-state index contributed by atoms with van der Waals surface area (Å²) in [5.41, 5.74) is 0.285. The number of ether oxygens (including phenoxy) is 1. The molecule has 0 aromatic carbocycles. The van der Waals surface area contributed by atoms with Crippen LogP contribution in [0.15, 0.2) is 24.8 Å². The number of hydrogen-bond acceptors (Lipinski definition) is 4. The van der Waals surface area contributed by atoms with Crippen molar-refractivity contribution in [2.75, 3.05) is 10.6 Å². The molecule has 2 amide bonds. The number of hydrogen-bond donors (Lipinski definition) is 2. The Balaban J connectivity index is 2.05. The van der Waals surface area contributed by atoms with Gasteiger partial charge in [0.2, 0.25) is 0 Å². The first-order valence-corrected chi connectivity index (χ1v) is 7.10. The lowest BCUT2D eigenvalue weighted by atomic mass is 10.2. The number of carbonyl (C=O) groups is 2. The number of imidazole rings is 1. The van der Waals surface area contributed by atoms with Crippen LogP contribution < -0.4 is 10.6 Å². The Labute approximate surface area is 134 Å². The van der Waals surface area contributed by atoms with Gasteiger partial charge in [-0.3, -0.25) is 10.1 Å². The third-order valence-electron chi connectivity index (χ3n) is 2.83. The maximum absolute atomic E-state index is 12.2. The number of nitrogens with one attached hydrogen (secondary N) is 2. The molecule has 0 aliphatic rings. The van der Waals surface area contributed by atoms with E-state index >= 15 is 0 Å². The average molecular weight is 319 g/mol. The molecule has 0 saturated heterocycles. The van der Waals surface area contributed by atoms with Crippen LogP contribution in [0.25, 0.3) is 0 Å². The van der Waals surface area contributed by atoms with Crippen LogP contribution in [0.3, 0.4) is 0 Å². The normalized spacial score (nSPS) is 11.2. The molecular formula is C15H21N5O3. The first-order valence-electron chi connectivity index (χ1n) is 7.10. The standard InChI is InChI=1S/C15H21N5O3/c1-15(2,3)23-14(22)17-10-6-11(20(5)7-10)13(21)18-12-8-19(4)9-16-12/h6-9H,1-5H3,(H,17,22)(H,18,21). The van der Waals surface area contributed by atoms with E-state index < -0.39 is 11.7 Å². The Morgan fingerprint density at radius 1 is 1.17 bits per heavy atom. The van der Waals surface area contributed by atoms with Crippen molar-refractivity contribution in [3.05, 3.63) is 30.5 Å². The lowest BCUT2D eigenvalue weighted by Gasteiger charge is -2.19. The van der Waals surface area contributed by atoms with Gasteiger partial charge in [0.25, 0.3) is 5.91 Å². The molecule has 0 atom stereocenters. The van der Waals surface area contributed by atoms with Crippen molar-refractivity contribution in [1.29, 1.82) is 0 Å². The molecule has 0 fully saturated rings. The number of nitrogens with zero attached hydrogens (tertiary/aromatic N) is 3. The second kappa shape index (κ2) is 6.15. The molecule has 8 heteroatoms. The summed E-state index contributed by atoms with van der Waals surface area (Å²) in [6.45, 7) is 5.34. The summed E-state index contributed by atoms with van der Waals surface area (Å²) in [7, 11) is 3.53. The van der Waals surface area contributed by atoms with E-state index in [0.717, 1.165) is 0 Å². The predicted molar refractivity (Wildman–Crippen MR) is 86.4 cm³/mol. The predicted octanol–water partition coefficient (Wildman–Crippen LogP) is 2.36. The van der Waals surface area contributed by atoms with Crippen LogP contribution in [0.1, 0.15) is 31.3 Å². The smallest absolute Gasteiger partial charge is 0.412 e. The lowest BCUT2D eigenvalue weighted by molar-refractivity contribution is 0.0635. The van der Waals surface area contributed by atoms with Crippen LogP contribution in [0, 0.1) is 0 Å². The van der Waals surface area contributed by atoms with Gasteiger partial charge in [-0.1, -0.05) is 0 Å². The third-order valence-corrected chi connectivity index (χ3v) is 2.83. The molecule has 8 nitrogen and oxygen atoms in total. The van der Waals surface area contributed by atoms with Crippen LogP contribution in [-0.2, 0) is 18.8 Å². The molecule has 0 aliphatic heterocycles. The van der Waals surface area contributed by atoms with Gasteiger partial charge in [0.15, 0.2) is 5.82 Å². The minimum absolute atomic E-state index is 0.316. The first kappa shape index (κ1) is 16.6. The zero-order chi connectivity index (χ0) is 17.2. The second-order valence-corrected chi connectivity index (χ2v) is 6.23. The zero-order valence-corrected chi connectivity index (χ0v) is 13.9. The van der Waals surface area contributed by atoms with Gasteiger partial charge in [-0.15, -0.1) is 0 Å². The Bertz CT molecular complexity index is 724. The highest BCUT2D eigenvalue weighted by atomic mass is 16.6. The van der Waals surface area contributed by atoms with Crippen molar-refractivity contribution in [2.45, 2.75) is 26.4 Å². The van der Waals surface area contributed by atoms with Crippen LogP contribution in [0.5, 0.6) is 0 Å². The van der Waals surface area contributed by atoms with Crippen molar-refractivity contribution in [3.8, 4) is 0 Å². The molecule has 0 radical (unpaired) electrons. The maximum Gasteiger partial charge on any atom is 0.412 e. The molecule has 0 spiro atoms. The van der Waals surface area contributed by atoms with Crippen LogP contribution in [0.2, 0.25) is 0 Å². The number of rotatable bonds is 3. The SMILES string of the molecule is Cn1cnc(NC(=O)c2cc(NC(=O)OC(C)(C)C)cn2C)c1. The molecule has 2 rings (SSSR count). The van der Waals surface area contributed by atoms with Gasteiger partial charge >= 0.3 is 6.09 Å².